The van der Waals surface area contributed by atoms with Crippen LogP contribution in [0, 0.1) is 17.8 Å². The first-order valence-corrected chi connectivity index (χ1v) is 9.44. The SMILES string of the molecule is CCCCCCCCC(CNCC(C)C)C1CCCC1. The summed E-state index contributed by atoms with van der Waals surface area (Å²) in [5, 5.41) is 3.72. The minimum absolute atomic E-state index is 0.785. The van der Waals surface area contributed by atoms with E-state index in [0.717, 1.165) is 17.8 Å². The van der Waals surface area contributed by atoms with Gasteiger partial charge in [0, 0.05) is 0 Å². The van der Waals surface area contributed by atoms with Crippen LogP contribution in [-0.4, -0.2) is 13.1 Å². The van der Waals surface area contributed by atoms with Crippen molar-refractivity contribution in [1.82, 2.24) is 5.32 Å². The zero-order valence-corrected chi connectivity index (χ0v) is 14.4. The highest BCUT2D eigenvalue weighted by Gasteiger charge is 2.24. The standard InChI is InChI=1S/C19H39N/c1-4-5-6-7-8-9-14-19(16-20-15-17(2)3)18-12-10-11-13-18/h17-20H,4-16H2,1-3H3. The van der Waals surface area contributed by atoms with Crippen molar-refractivity contribution < 1.29 is 0 Å². The van der Waals surface area contributed by atoms with Crippen molar-refractivity contribution in [3.63, 3.8) is 0 Å². The number of unbranched alkanes of at least 4 members (excludes halogenated alkanes) is 5. The smallest absolute Gasteiger partial charge is 0.00178 e. The molecule has 0 aromatic carbocycles. The van der Waals surface area contributed by atoms with Crippen LogP contribution in [-0.2, 0) is 0 Å². The molecule has 1 N–H and O–H groups in total. The number of rotatable bonds is 12. The van der Waals surface area contributed by atoms with Gasteiger partial charge < -0.3 is 5.32 Å². The van der Waals surface area contributed by atoms with Crippen molar-refractivity contribution in [1.29, 1.82) is 0 Å². The molecule has 120 valence electrons. The predicted octanol–water partition coefficient (Wildman–Crippen LogP) is 5.79. The van der Waals surface area contributed by atoms with Gasteiger partial charge in [-0.15, -0.1) is 0 Å². The third-order valence-electron chi connectivity index (χ3n) is 4.95. The molecular formula is C19H39N. The molecule has 0 heterocycles. The van der Waals surface area contributed by atoms with E-state index in [1.54, 1.807) is 0 Å². The average Bonchev–Trinajstić information content (AvgIpc) is 2.94. The summed E-state index contributed by atoms with van der Waals surface area (Å²) >= 11 is 0. The van der Waals surface area contributed by atoms with Gasteiger partial charge in [-0.2, -0.15) is 0 Å². The molecule has 0 aromatic heterocycles. The minimum Gasteiger partial charge on any atom is -0.316 e. The molecule has 1 fully saturated rings. The normalized spacial score (nSPS) is 18.0. The molecule has 1 heteroatoms. The van der Waals surface area contributed by atoms with Gasteiger partial charge in [0.1, 0.15) is 0 Å². The van der Waals surface area contributed by atoms with Crippen LogP contribution in [0.2, 0.25) is 0 Å². The molecule has 1 unspecified atom stereocenters. The van der Waals surface area contributed by atoms with Crippen molar-refractivity contribution in [2.45, 2.75) is 91.4 Å². The Balaban J connectivity index is 2.16. The van der Waals surface area contributed by atoms with Crippen LogP contribution < -0.4 is 5.32 Å². The molecular weight excluding hydrogens is 242 g/mol. The Labute approximate surface area is 128 Å². The molecule has 1 rings (SSSR count). The van der Waals surface area contributed by atoms with Crippen molar-refractivity contribution in [3.05, 3.63) is 0 Å². The van der Waals surface area contributed by atoms with E-state index in [1.165, 1.54) is 83.7 Å². The van der Waals surface area contributed by atoms with Crippen molar-refractivity contribution in [3.8, 4) is 0 Å². The van der Waals surface area contributed by atoms with Gasteiger partial charge in [0.25, 0.3) is 0 Å². The summed E-state index contributed by atoms with van der Waals surface area (Å²) in [7, 11) is 0. The van der Waals surface area contributed by atoms with Crippen LogP contribution in [0.1, 0.15) is 91.4 Å². The Hall–Kier alpha value is -0.0400. The summed E-state index contributed by atoms with van der Waals surface area (Å²) in [5.41, 5.74) is 0. The van der Waals surface area contributed by atoms with Gasteiger partial charge in [0.15, 0.2) is 0 Å². The zero-order valence-electron chi connectivity index (χ0n) is 14.4. The molecule has 0 bridgehead atoms. The fraction of sp³-hybridized carbons (Fsp3) is 1.00. The first kappa shape index (κ1) is 18.0. The Morgan fingerprint density at radius 2 is 1.55 bits per heavy atom. The quantitative estimate of drug-likeness (QED) is 0.446. The van der Waals surface area contributed by atoms with E-state index in [4.69, 9.17) is 0 Å². The zero-order chi connectivity index (χ0) is 14.6. The molecule has 0 spiro atoms. The Morgan fingerprint density at radius 3 is 2.20 bits per heavy atom. The molecule has 20 heavy (non-hydrogen) atoms. The van der Waals surface area contributed by atoms with E-state index in [-0.39, 0.29) is 0 Å². The first-order chi connectivity index (χ1) is 9.74. The molecule has 0 amide bonds. The molecule has 0 aliphatic heterocycles. The van der Waals surface area contributed by atoms with E-state index in [1.807, 2.05) is 0 Å². The second-order valence-electron chi connectivity index (χ2n) is 7.41. The van der Waals surface area contributed by atoms with Crippen molar-refractivity contribution >= 4 is 0 Å². The van der Waals surface area contributed by atoms with Gasteiger partial charge in [0.05, 0.1) is 0 Å². The average molecular weight is 282 g/mol. The number of nitrogens with one attached hydrogen (secondary N) is 1. The van der Waals surface area contributed by atoms with Crippen LogP contribution in [0.3, 0.4) is 0 Å². The highest BCUT2D eigenvalue weighted by atomic mass is 14.9. The van der Waals surface area contributed by atoms with Gasteiger partial charge in [0.2, 0.25) is 0 Å². The second kappa shape index (κ2) is 11.6. The third kappa shape index (κ3) is 8.29. The fourth-order valence-electron chi connectivity index (χ4n) is 3.68. The largest absolute Gasteiger partial charge is 0.316 e. The Bertz CT molecular complexity index is 206. The van der Waals surface area contributed by atoms with E-state index < -0.39 is 0 Å². The third-order valence-corrected chi connectivity index (χ3v) is 4.95. The summed E-state index contributed by atoms with van der Waals surface area (Å²) in [6, 6.07) is 0. The summed E-state index contributed by atoms with van der Waals surface area (Å²) in [6.07, 6.45) is 16.1. The lowest BCUT2D eigenvalue weighted by Crippen LogP contribution is -2.30. The highest BCUT2D eigenvalue weighted by molar-refractivity contribution is 4.77. The minimum atomic E-state index is 0.785. The molecule has 1 atom stereocenters. The van der Waals surface area contributed by atoms with Crippen molar-refractivity contribution in [2.75, 3.05) is 13.1 Å². The van der Waals surface area contributed by atoms with Crippen LogP contribution in [0.4, 0.5) is 0 Å². The molecule has 0 saturated heterocycles. The monoisotopic (exact) mass is 281 g/mol. The highest BCUT2D eigenvalue weighted by Crippen LogP contribution is 2.33. The summed E-state index contributed by atoms with van der Waals surface area (Å²) in [4.78, 5) is 0. The molecule has 1 aliphatic rings. The van der Waals surface area contributed by atoms with Crippen LogP contribution in [0.5, 0.6) is 0 Å². The van der Waals surface area contributed by atoms with Gasteiger partial charge >= 0.3 is 0 Å². The maximum Gasteiger partial charge on any atom is -0.00178 e. The molecule has 1 nitrogen and oxygen atoms in total. The van der Waals surface area contributed by atoms with Crippen LogP contribution >= 0.6 is 0 Å². The number of hydrogen-bond acceptors (Lipinski definition) is 1. The first-order valence-electron chi connectivity index (χ1n) is 9.44. The lowest BCUT2D eigenvalue weighted by Gasteiger charge is -2.24. The van der Waals surface area contributed by atoms with Gasteiger partial charge in [-0.25, -0.2) is 0 Å². The summed E-state index contributed by atoms with van der Waals surface area (Å²) < 4.78 is 0. The molecule has 0 aromatic rings. The molecule has 1 aliphatic carbocycles. The lowest BCUT2D eigenvalue weighted by atomic mass is 9.86. The lowest BCUT2D eigenvalue weighted by molar-refractivity contribution is 0.291. The Kier molecular flexibility index (Phi) is 10.4. The fourth-order valence-corrected chi connectivity index (χ4v) is 3.68. The predicted molar refractivity (Wildman–Crippen MR) is 91.1 cm³/mol. The van der Waals surface area contributed by atoms with Crippen LogP contribution in [0.25, 0.3) is 0 Å². The van der Waals surface area contributed by atoms with E-state index in [0.29, 0.717) is 0 Å². The Morgan fingerprint density at radius 1 is 0.900 bits per heavy atom. The van der Waals surface area contributed by atoms with E-state index in [9.17, 15) is 0 Å². The van der Waals surface area contributed by atoms with E-state index >= 15 is 0 Å². The van der Waals surface area contributed by atoms with Gasteiger partial charge in [-0.3, -0.25) is 0 Å². The second-order valence-corrected chi connectivity index (χ2v) is 7.41. The van der Waals surface area contributed by atoms with Crippen LogP contribution in [0.15, 0.2) is 0 Å². The maximum atomic E-state index is 3.72. The topological polar surface area (TPSA) is 12.0 Å². The number of hydrogen-bond donors (Lipinski definition) is 1. The summed E-state index contributed by atoms with van der Waals surface area (Å²) in [6.45, 7) is 9.39. The summed E-state index contributed by atoms with van der Waals surface area (Å²) in [5.74, 6) is 2.78. The van der Waals surface area contributed by atoms with Crippen molar-refractivity contribution in [2.24, 2.45) is 17.8 Å². The molecule has 1 saturated carbocycles. The maximum absolute atomic E-state index is 3.72. The molecule has 0 radical (unpaired) electrons. The van der Waals surface area contributed by atoms with Gasteiger partial charge in [-0.05, 0) is 37.3 Å². The van der Waals surface area contributed by atoms with E-state index in [2.05, 4.69) is 26.1 Å². The van der Waals surface area contributed by atoms with Gasteiger partial charge in [-0.1, -0.05) is 85.0 Å².